The van der Waals surface area contributed by atoms with Gasteiger partial charge in [-0.1, -0.05) is 12.1 Å². The average molecular weight is 289 g/mol. The molecule has 0 radical (unpaired) electrons. The molecule has 1 heterocycles. The molecule has 0 aliphatic heterocycles. The fourth-order valence-electron chi connectivity index (χ4n) is 1.69. The topological polar surface area (TPSA) is 76.4 Å². The summed E-state index contributed by atoms with van der Waals surface area (Å²) in [5.41, 5.74) is 0.913. The lowest BCUT2D eigenvalue weighted by molar-refractivity contribution is 0.0636. The molecule has 0 unspecified atom stereocenters. The van der Waals surface area contributed by atoms with Gasteiger partial charge in [-0.3, -0.25) is 5.32 Å². The van der Waals surface area contributed by atoms with E-state index < -0.39 is 11.7 Å². The maximum absolute atomic E-state index is 11.7. The molecule has 2 N–H and O–H groups in total. The van der Waals surface area contributed by atoms with Crippen LogP contribution in [-0.2, 0) is 4.74 Å². The molecule has 0 saturated carbocycles. The van der Waals surface area contributed by atoms with Crippen LogP contribution >= 0.6 is 0 Å². The summed E-state index contributed by atoms with van der Waals surface area (Å²) in [4.78, 5) is 15.8. The molecule has 0 spiro atoms. The highest BCUT2D eigenvalue weighted by molar-refractivity contribution is 5.85. The van der Waals surface area contributed by atoms with Crippen LogP contribution in [0.15, 0.2) is 34.9 Å². The summed E-state index contributed by atoms with van der Waals surface area (Å²) >= 11 is 0. The van der Waals surface area contributed by atoms with Crippen molar-refractivity contribution in [2.75, 3.05) is 17.7 Å². The molecule has 0 aliphatic carbocycles. The number of oxazole rings is 1. The summed E-state index contributed by atoms with van der Waals surface area (Å²) in [5.74, 6) is 0.618. The molecule has 0 bridgehead atoms. The second-order valence-corrected chi connectivity index (χ2v) is 5.49. The molecule has 6 nitrogen and oxygen atoms in total. The normalized spacial score (nSPS) is 11.0. The Hall–Kier alpha value is -2.50. The third-order valence-corrected chi connectivity index (χ3v) is 2.51. The predicted octanol–water partition coefficient (Wildman–Crippen LogP) is 3.73. The van der Waals surface area contributed by atoms with Gasteiger partial charge < -0.3 is 14.5 Å². The lowest BCUT2D eigenvalue weighted by atomic mass is 10.1. The number of aromatic nitrogens is 1. The first-order valence-corrected chi connectivity index (χ1v) is 6.61. The Balaban J connectivity index is 2.12. The van der Waals surface area contributed by atoms with E-state index in [0.717, 1.165) is 5.56 Å². The molecule has 2 aromatic rings. The number of carbonyl (C=O) groups is 1. The zero-order valence-electron chi connectivity index (χ0n) is 12.6. The highest BCUT2D eigenvalue weighted by Crippen LogP contribution is 2.25. The maximum Gasteiger partial charge on any atom is 0.412 e. The quantitative estimate of drug-likeness (QED) is 0.900. The van der Waals surface area contributed by atoms with Gasteiger partial charge in [0.1, 0.15) is 5.60 Å². The van der Waals surface area contributed by atoms with Gasteiger partial charge in [-0.25, -0.2) is 9.78 Å². The van der Waals surface area contributed by atoms with Gasteiger partial charge in [0.2, 0.25) is 0 Å². The Kier molecular flexibility index (Phi) is 4.16. The van der Waals surface area contributed by atoms with Gasteiger partial charge >= 0.3 is 6.09 Å². The molecule has 112 valence electrons. The Bertz CT molecular complexity index is 629. The van der Waals surface area contributed by atoms with Gasteiger partial charge in [0, 0.05) is 18.3 Å². The predicted molar refractivity (Wildman–Crippen MR) is 81.3 cm³/mol. The van der Waals surface area contributed by atoms with Crippen molar-refractivity contribution in [1.82, 2.24) is 4.98 Å². The summed E-state index contributed by atoms with van der Waals surface area (Å²) < 4.78 is 10.7. The second-order valence-electron chi connectivity index (χ2n) is 5.49. The van der Waals surface area contributed by atoms with E-state index in [1.807, 2.05) is 32.9 Å². The van der Waals surface area contributed by atoms with Gasteiger partial charge in [-0.15, -0.1) is 0 Å². The number of anilines is 2. The van der Waals surface area contributed by atoms with Crippen LogP contribution in [0.25, 0.3) is 11.3 Å². The fraction of sp³-hybridized carbons (Fsp3) is 0.333. The molecule has 1 aromatic heterocycles. The summed E-state index contributed by atoms with van der Waals surface area (Å²) in [6, 6.07) is 7.71. The number of nitrogens with zero attached hydrogens (tertiary/aromatic N) is 1. The summed E-state index contributed by atoms with van der Waals surface area (Å²) in [6.07, 6.45) is 1.13. The molecule has 0 atom stereocenters. The number of amides is 1. The van der Waals surface area contributed by atoms with Crippen molar-refractivity contribution in [2.24, 2.45) is 0 Å². The van der Waals surface area contributed by atoms with Crippen molar-refractivity contribution < 1.29 is 13.9 Å². The molecule has 0 aliphatic rings. The molecule has 6 heteroatoms. The smallest absolute Gasteiger partial charge is 0.412 e. The minimum absolute atomic E-state index is 0.440. The standard InChI is InChI=1S/C15H19N3O3/c1-15(2,3)21-14(19)18-11-7-5-6-10(8-11)12-9-17-13(16-4)20-12/h5-9H,1-4H3,(H,16,17)(H,18,19). The van der Waals surface area contributed by atoms with Crippen molar-refractivity contribution in [3.05, 3.63) is 30.5 Å². The van der Waals surface area contributed by atoms with Crippen molar-refractivity contribution in [3.63, 3.8) is 0 Å². The maximum atomic E-state index is 11.7. The van der Waals surface area contributed by atoms with Crippen LogP contribution in [0.3, 0.4) is 0 Å². The number of carbonyl (C=O) groups excluding carboxylic acids is 1. The first kappa shape index (κ1) is 14.9. The van der Waals surface area contributed by atoms with E-state index in [1.165, 1.54) is 0 Å². The zero-order valence-corrected chi connectivity index (χ0v) is 12.6. The third kappa shape index (κ3) is 4.24. The highest BCUT2D eigenvalue weighted by atomic mass is 16.6. The van der Waals surface area contributed by atoms with Crippen LogP contribution in [0.5, 0.6) is 0 Å². The van der Waals surface area contributed by atoms with E-state index in [4.69, 9.17) is 9.15 Å². The second kappa shape index (κ2) is 5.87. The fourth-order valence-corrected chi connectivity index (χ4v) is 1.69. The van der Waals surface area contributed by atoms with E-state index in [2.05, 4.69) is 15.6 Å². The van der Waals surface area contributed by atoms with Crippen molar-refractivity contribution in [1.29, 1.82) is 0 Å². The van der Waals surface area contributed by atoms with Gasteiger partial charge in [-0.2, -0.15) is 0 Å². The molecular formula is C15H19N3O3. The van der Waals surface area contributed by atoms with E-state index in [9.17, 15) is 4.79 Å². The van der Waals surface area contributed by atoms with Crippen molar-refractivity contribution in [2.45, 2.75) is 26.4 Å². The van der Waals surface area contributed by atoms with E-state index >= 15 is 0 Å². The largest absolute Gasteiger partial charge is 0.444 e. The van der Waals surface area contributed by atoms with Crippen LogP contribution in [0, 0.1) is 0 Å². The van der Waals surface area contributed by atoms with Gasteiger partial charge in [0.15, 0.2) is 5.76 Å². The zero-order chi connectivity index (χ0) is 15.5. The Morgan fingerprint density at radius 2 is 2.10 bits per heavy atom. The first-order chi connectivity index (χ1) is 9.87. The van der Waals surface area contributed by atoms with Gasteiger partial charge in [0.25, 0.3) is 6.01 Å². The Morgan fingerprint density at radius 1 is 1.33 bits per heavy atom. The van der Waals surface area contributed by atoms with E-state index in [0.29, 0.717) is 17.5 Å². The van der Waals surface area contributed by atoms with Crippen LogP contribution in [0.2, 0.25) is 0 Å². The number of hydrogen-bond donors (Lipinski definition) is 2. The summed E-state index contributed by atoms with van der Waals surface area (Å²) in [6.45, 7) is 5.45. The molecule has 21 heavy (non-hydrogen) atoms. The summed E-state index contributed by atoms with van der Waals surface area (Å²) in [5, 5.41) is 5.51. The molecule has 1 aromatic carbocycles. The number of benzene rings is 1. The lowest BCUT2D eigenvalue weighted by Gasteiger charge is -2.19. The monoisotopic (exact) mass is 289 g/mol. The summed E-state index contributed by atoms with van der Waals surface area (Å²) in [7, 11) is 1.73. The van der Waals surface area contributed by atoms with Crippen molar-refractivity contribution in [3.8, 4) is 11.3 Å². The van der Waals surface area contributed by atoms with Crippen molar-refractivity contribution >= 4 is 17.8 Å². The first-order valence-electron chi connectivity index (χ1n) is 6.61. The minimum Gasteiger partial charge on any atom is -0.444 e. The Labute approximate surface area is 123 Å². The molecule has 0 fully saturated rings. The lowest BCUT2D eigenvalue weighted by Crippen LogP contribution is -2.27. The SMILES string of the molecule is CNc1ncc(-c2cccc(NC(=O)OC(C)(C)C)c2)o1. The van der Waals surface area contributed by atoms with E-state index in [-0.39, 0.29) is 0 Å². The molecule has 0 saturated heterocycles. The van der Waals surface area contributed by atoms with Crippen LogP contribution in [0.1, 0.15) is 20.8 Å². The van der Waals surface area contributed by atoms with Crippen LogP contribution in [-0.4, -0.2) is 23.7 Å². The van der Waals surface area contributed by atoms with E-state index in [1.54, 1.807) is 25.4 Å². The number of rotatable bonds is 3. The molecule has 1 amide bonds. The van der Waals surface area contributed by atoms with Crippen LogP contribution < -0.4 is 10.6 Å². The van der Waals surface area contributed by atoms with Crippen LogP contribution in [0.4, 0.5) is 16.5 Å². The third-order valence-electron chi connectivity index (χ3n) is 2.51. The number of ether oxygens (including phenoxy) is 1. The number of nitrogens with one attached hydrogen (secondary N) is 2. The highest BCUT2D eigenvalue weighted by Gasteiger charge is 2.16. The Morgan fingerprint density at radius 3 is 2.71 bits per heavy atom. The van der Waals surface area contributed by atoms with Gasteiger partial charge in [0.05, 0.1) is 6.20 Å². The average Bonchev–Trinajstić information content (AvgIpc) is 2.85. The minimum atomic E-state index is -0.533. The number of hydrogen-bond acceptors (Lipinski definition) is 5. The molecular weight excluding hydrogens is 270 g/mol. The molecule has 2 rings (SSSR count). The van der Waals surface area contributed by atoms with Gasteiger partial charge in [-0.05, 0) is 32.9 Å².